The van der Waals surface area contributed by atoms with Gasteiger partial charge in [0.2, 0.25) is 0 Å². The molecule has 7 heteroatoms. The second-order valence-corrected chi connectivity index (χ2v) is 8.98. The van der Waals surface area contributed by atoms with Crippen LogP contribution in [0.3, 0.4) is 0 Å². The van der Waals surface area contributed by atoms with Crippen LogP contribution in [0, 0.1) is 6.92 Å². The van der Waals surface area contributed by atoms with Crippen molar-refractivity contribution in [3.05, 3.63) is 90.1 Å². The molecule has 0 spiro atoms. The van der Waals surface area contributed by atoms with Crippen molar-refractivity contribution in [2.75, 3.05) is 0 Å². The Labute approximate surface area is 191 Å². The monoisotopic (exact) mass is 440 g/mol. The molecule has 0 radical (unpaired) electrons. The van der Waals surface area contributed by atoms with E-state index in [1.807, 2.05) is 30.6 Å². The number of rotatable bonds is 6. The van der Waals surface area contributed by atoms with Crippen LogP contribution < -0.4 is 0 Å². The summed E-state index contributed by atoms with van der Waals surface area (Å²) in [6.45, 7) is 6.50. The van der Waals surface area contributed by atoms with E-state index in [1.165, 1.54) is 5.56 Å². The van der Waals surface area contributed by atoms with Crippen molar-refractivity contribution in [2.45, 2.75) is 37.6 Å². The van der Waals surface area contributed by atoms with Crippen molar-refractivity contribution in [3.63, 3.8) is 0 Å². The summed E-state index contributed by atoms with van der Waals surface area (Å²) < 4.78 is 4.23. The minimum absolute atomic E-state index is 0.370. The van der Waals surface area contributed by atoms with Gasteiger partial charge in [0.15, 0.2) is 11.0 Å². The topological polar surface area (TPSA) is 60.9 Å². The molecular formula is C25H24N6S. The molecule has 5 rings (SSSR count). The molecule has 6 nitrogen and oxygen atoms in total. The lowest BCUT2D eigenvalue weighted by Gasteiger charge is -2.16. The van der Waals surface area contributed by atoms with E-state index < -0.39 is 0 Å². The van der Waals surface area contributed by atoms with Gasteiger partial charge in [-0.1, -0.05) is 49.9 Å². The van der Waals surface area contributed by atoms with Crippen LogP contribution >= 0.6 is 11.8 Å². The highest BCUT2D eigenvalue weighted by Crippen LogP contribution is 2.33. The lowest BCUT2D eigenvalue weighted by atomic mass is 10.0. The zero-order valence-electron chi connectivity index (χ0n) is 18.3. The third-order valence-electron chi connectivity index (χ3n) is 5.43. The number of fused-ring (bicyclic) bond motifs is 1. The number of hydrogen-bond donors (Lipinski definition) is 0. The van der Waals surface area contributed by atoms with Gasteiger partial charge < -0.3 is 4.40 Å². The van der Waals surface area contributed by atoms with Crippen molar-refractivity contribution in [3.8, 4) is 17.1 Å². The quantitative estimate of drug-likeness (QED) is 0.317. The van der Waals surface area contributed by atoms with Crippen LogP contribution in [-0.2, 0) is 5.75 Å². The maximum Gasteiger partial charge on any atom is 0.196 e. The number of imidazole rings is 1. The molecule has 160 valence electrons. The first-order valence-electron chi connectivity index (χ1n) is 10.6. The minimum Gasteiger partial charge on any atom is -0.307 e. The molecule has 4 aromatic heterocycles. The van der Waals surface area contributed by atoms with Crippen molar-refractivity contribution in [2.24, 2.45) is 0 Å². The minimum atomic E-state index is 0.370. The van der Waals surface area contributed by atoms with E-state index in [1.54, 1.807) is 18.0 Å². The van der Waals surface area contributed by atoms with Crippen molar-refractivity contribution in [1.29, 1.82) is 0 Å². The number of aromatic nitrogens is 6. The van der Waals surface area contributed by atoms with Crippen LogP contribution in [-0.4, -0.2) is 29.1 Å². The number of thioether (sulfide) groups is 1. The first kappa shape index (κ1) is 20.5. The number of hydrogen-bond acceptors (Lipinski definition) is 5. The summed E-state index contributed by atoms with van der Waals surface area (Å²) in [6.07, 6.45) is 7.72. The number of nitrogens with zero attached hydrogens (tertiary/aromatic N) is 6. The molecule has 1 aromatic carbocycles. The average Bonchev–Trinajstić information content (AvgIpc) is 3.43. The van der Waals surface area contributed by atoms with Gasteiger partial charge in [-0.3, -0.25) is 9.55 Å². The second-order valence-electron chi connectivity index (χ2n) is 8.04. The molecule has 0 aliphatic rings. The maximum absolute atomic E-state index is 4.82. The van der Waals surface area contributed by atoms with Gasteiger partial charge in [0, 0.05) is 36.1 Å². The second kappa shape index (κ2) is 8.59. The third kappa shape index (κ3) is 3.80. The van der Waals surface area contributed by atoms with E-state index in [4.69, 9.17) is 4.98 Å². The summed E-state index contributed by atoms with van der Waals surface area (Å²) in [7, 11) is 0. The molecule has 0 N–H and O–H groups in total. The summed E-state index contributed by atoms with van der Waals surface area (Å²) in [4.78, 5) is 9.10. The zero-order chi connectivity index (χ0) is 22.1. The van der Waals surface area contributed by atoms with E-state index in [2.05, 4.69) is 81.4 Å². The molecule has 5 aromatic rings. The molecule has 32 heavy (non-hydrogen) atoms. The fraction of sp³-hybridized carbons (Fsp3) is 0.200. The van der Waals surface area contributed by atoms with Crippen molar-refractivity contribution >= 4 is 17.4 Å². The van der Waals surface area contributed by atoms with Crippen molar-refractivity contribution in [1.82, 2.24) is 29.1 Å². The molecule has 0 amide bonds. The van der Waals surface area contributed by atoms with E-state index in [0.29, 0.717) is 11.7 Å². The Morgan fingerprint density at radius 1 is 1.00 bits per heavy atom. The molecule has 0 unspecified atom stereocenters. The van der Waals surface area contributed by atoms with Gasteiger partial charge in [0.05, 0.1) is 11.4 Å². The average molecular weight is 441 g/mol. The summed E-state index contributed by atoms with van der Waals surface area (Å²) >= 11 is 1.65. The molecular weight excluding hydrogens is 416 g/mol. The highest BCUT2D eigenvalue weighted by molar-refractivity contribution is 7.98. The summed E-state index contributed by atoms with van der Waals surface area (Å²) in [6, 6.07) is 16.5. The lowest BCUT2D eigenvalue weighted by molar-refractivity contribution is 0.818. The summed E-state index contributed by atoms with van der Waals surface area (Å²) in [5.41, 5.74) is 6.46. The standard InChI is InChI=1S/C25H24N6S/c1-17(2)21-10-4-5-11-22(21)31-24(19-9-6-12-26-14-19)28-29-25(31)32-16-20-15-30-13-7-8-18(3)23(30)27-20/h4-15,17H,16H2,1-3H3. The Hall–Kier alpha value is -3.45. The van der Waals surface area contributed by atoms with Crippen LogP contribution in [0.5, 0.6) is 0 Å². The Morgan fingerprint density at radius 3 is 2.66 bits per heavy atom. The normalized spacial score (nSPS) is 11.5. The zero-order valence-corrected chi connectivity index (χ0v) is 19.1. The Kier molecular flexibility index (Phi) is 5.49. The number of benzene rings is 1. The Bertz CT molecular complexity index is 1370. The highest BCUT2D eigenvalue weighted by Gasteiger charge is 2.20. The number of pyridine rings is 2. The third-order valence-corrected chi connectivity index (χ3v) is 6.39. The fourth-order valence-corrected chi connectivity index (χ4v) is 4.68. The predicted molar refractivity (Wildman–Crippen MR) is 128 cm³/mol. The van der Waals surface area contributed by atoms with Crippen LogP contribution in [0.1, 0.15) is 36.6 Å². The van der Waals surface area contributed by atoms with Gasteiger partial charge in [-0.25, -0.2) is 4.98 Å². The number of aryl methyl sites for hydroxylation is 1. The molecule has 0 saturated heterocycles. The predicted octanol–water partition coefficient (Wildman–Crippen LogP) is 5.70. The van der Waals surface area contributed by atoms with Gasteiger partial charge in [-0.15, -0.1) is 10.2 Å². The van der Waals surface area contributed by atoms with Gasteiger partial charge in [0.1, 0.15) is 5.65 Å². The molecule has 0 aliphatic heterocycles. The van der Waals surface area contributed by atoms with Gasteiger partial charge in [-0.05, 0) is 48.2 Å². The summed E-state index contributed by atoms with van der Waals surface area (Å²) in [5.74, 6) is 1.87. The van der Waals surface area contributed by atoms with Gasteiger partial charge >= 0.3 is 0 Å². The fourth-order valence-electron chi connectivity index (χ4n) is 3.85. The smallest absolute Gasteiger partial charge is 0.196 e. The van der Waals surface area contributed by atoms with E-state index >= 15 is 0 Å². The molecule has 0 saturated carbocycles. The Morgan fingerprint density at radius 2 is 1.88 bits per heavy atom. The number of para-hydroxylation sites is 1. The van der Waals surface area contributed by atoms with Gasteiger partial charge in [0.25, 0.3) is 0 Å². The largest absolute Gasteiger partial charge is 0.307 e. The molecule has 0 fully saturated rings. The first-order chi connectivity index (χ1) is 15.6. The van der Waals surface area contributed by atoms with Crippen LogP contribution in [0.15, 0.2) is 78.5 Å². The Balaban J connectivity index is 1.56. The van der Waals surface area contributed by atoms with Crippen LogP contribution in [0.25, 0.3) is 22.7 Å². The molecule has 0 aliphatic carbocycles. The lowest BCUT2D eigenvalue weighted by Crippen LogP contribution is -2.05. The highest BCUT2D eigenvalue weighted by atomic mass is 32.2. The van der Waals surface area contributed by atoms with Crippen LogP contribution in [0.2, 0.25) is 0 Å². The molecule has 0 bridgehead atoms. The molecule has 4 heterocycles. The molecule has 0 atom stereocenters. The first-order valence-corrected chi connectivity index (χ1v) is 11.6. The maximum atomic E-state index is 4.82. The van der Waals surface area contributed by atoms with Gasteiger partial charge in [-0.2, -0.15) is 0 Å². The summed E-state index contributed by atoms with van der Waals surface area (Å²) in [5, 5.41) is 9.97. The SMILES string of the molecule is Cc1cccn2cc(CSc3nnc(-c4cccnc4)n3-c3ccccc3C(C)C)nc12. The van der Waals surface area contributed by atoms with Crippen LogP contribution in [0.4, 0.5) is 0 Å². The van der Waals surface area contributed by atoms with E-state index in [-0.39, 0.29) is 0 Å². The van der Waals surface area contributed by atoms with E-state index in [9.17, 15) is 0 Å². The van der Waals surface area contributed by atoms with E-state index in [0.717, 1.165) is 39.1 Å². The van der Waals surface area contributed by atoms with Crippen molar-refractivity contribution < 1.29 is 0 Å².